The quantitative estimate of drug-likeness (QED) is 0.145. The van der Waals surface area contributed by atoms with Crippen LogP contribution in [0.25, 0.3) is 22.5 Å². The molecule has 1 radical (unpaired) electrons. The molecule has 12 heteroatoms. The normalized spacial score (nSPS) is 15.4. The van der Waals surface area contributed by atoms with Crippen molar-refractivity contribution in [3.05, 3.63) is 197 Å². The van der Waals surface area contributed by atoms with Crippen LogP contribution in [0.3, 0.4) is 0 Å². The summed E-state index contributed by atoms with van der Waals surface area (Å²) in [4.78, 5) is 25.1. The molecule has 0 spiro atoms. The third-order valence-corrected chi connectivity index (χ3v) is 9.03. The molecule has 0 aliphatic carbocycles. The van der Waals surface area contributed by atoms with E-state index in [4.69, 9.17) is 0 Å². The predicted molar refractivity (Wildman–Crippen MR) is 219 cm³/mol. The van der Waals surface area contributed by atoms with E-state index in [0.717, 1.165) is 56.4 Å². The zero-order chi connectivity index (χ0) is 37.7. The smallest absolute Gasteiger partial charge is 0.552 e. The van der Waals surface area contributed by atoms with Gasteiger partial charge >= 0.3 is 21.1 Å². The average molecular weight is 1110 g/mol. The summed E-state index contributed by atoms with van der Waals surface area (Å²) in [5.74, 6) is 0. The van der Waals surface area contributed by atoms with E-state index in [2.05, 4.69) is 84.9 Å². The van der Waals surface area contributed by atoms with E-state index < -0.39 is 0 Å². The third kappa shape index (κ3) is 9.79. The Morgan fingerprint density at radius 3 is 1.42 bits per heavy atom. The van der Waals surface area contributed by atoms with Crippen LogP contribution in [0.2, 0.25) is 0 Å². The third-order valence-electron chi connectivity index (χ3n) is 9.03. The Labute approximate surface area is 364 Å². The van der Waals surface area contributed by atoms with Crippen LogP contribution >= 0.6 is 0 Å². The second kappa shape index (κ2) is 18.7. The number of nitrogens with zero attached hydrogens (tertiary/aromatic N) is 10. The number of rotatable bonds is 8. The van der Waals surface area contributed by atoms with Gasteiger partial charge in [0.2, 0.25) is 0 Å². The molecule has 0 saturated heterocycles. The first kappa shape index (κ1) is 41.3. The van der Waals surface area contributed by atoms with Gasteiger partial charge in [0, 0.05) is 43.9 Å². The summed E-state index contributed by atoms with van der Waals surface area (Å²) in [6.45, 7) is 8.18. The monoisotopic (exact) mass is 1110 g/mol. The first-order chi connectivity index (χ1) is 26.9. The summed E-state index contributed by atoms with van der Waals surface area (Å²) in [5.41, 5.74) is 9.76. The molecule has 0 atom stereocenters. The number of hydrogen-bond acceptors (Lipinski definition) is 10. The molecule has 0 amide bonds. The molecule has 4 aliphatic heterocycles. The van der Waals surface area contributed by atoms with E-state index in [1.54, 1.807) is 12.4 Å². The molecular formula is C45H40IrN10Pt-4. The van der Waals surface area contributed by atoms with Crippen molar-refractivity contribution in [1.82, 2.24) is 29.6 Å². The van der Waals surface area contributed by atoms with Gasteiger partial charge in [-0.15, -0.1) is 30.0 Å². The maximum atomic E-state index is 4.33. The molecule has 293 valence electrons. The number of anilines is 4. The first-order valence-corrected chi connectivity index (χ1v) is 17.9. The standard InChI is InChI=1S/C29H29N8.C16H11N2.Ir.Pt/c1-30-8-12-34(20-30)26-7-5-6-24(17-26)16-25-18-28(36-14-10-32(3)22-36)29(37-15-11-33(4)23-37)19-27(25)35-13-9-31(2)21-35;1-3-10-17-15(8-1)13-6-5-7-14(12-13)16-9-2-4-11-18-16;;/h5-15,20-23H,16H2,1-4H3;1-11H;;/q-7;-1;;+4. The minimum atomic E-state index is 0. The van der Waals surface area contributed by atoms with Crippen LogP contribution in [-0.2, 0) is 47.6 Å². The van der Waals surface area contributed by atoms with Gasteiger partial charge < -0.3 is 39.2 Å². The fraction of sp³-hybridized carbons (Fsp3) is 0.111. The summed E-state index contributed by atoms with van der Waals surface area (Å²) in [6.07, 6.45) is 20.5. The van der Waals surface area contributed by atoms with Crippen LogP contribution in [0.5, 0.6) is 0 Å². The number of pyridine rings is 2. The van der Waals surface area contributed by atoms with Gasteiger partial charge in [-0.3, -0.25) is 22.1 Å². The van der Waals surface area contributed by atoms with Gasteiger partial charge in [-0.05, 0) is 89.9 Å². The predicted octanol–water partition coefficient (Wildman–Crippen LogP) is 7.65. The van der Waals surface area contributed by atoms with Crippen molar-refractivity contribution in [3.63, 3.8) is 0 Å². The topological polar surface area (TPSA) is 51.7 Å². The molecule has 0 unspecified atom stereocenters. The van der Waals surface area contributed by atoms with Gasteiger partial charge in [0.05, 0.1) is 0 Å². The molecule has 3 aromatic carbocycles. The van der Waals surface area contributed by atoms with Crippen molar-refractivity contribution >= 4 is 22.7 Å². The van der Waals surface area contributed by atoms with Gasteiger partial charge in [-0.1, -0.05) is 41.8 Å². The maximum Gasteiger partial charge on any atom is 4.00 e. The molecule has 0 bridgehead atoms. The van der Waals surface area contributed by atoms with E-state index in [-0.39, 0.29) is 41.2 Å². The second-order valence-corrected chi connectivity index (χ2v) is 13.4. The zero-order valence-corrected chi connectivity index (χ0v) is 36.5. The van der Waals surface area contributed by atoms with Crippen LogP contribution < -0.4 is 19.6 Å². The number of hydrogen-bond donors (Lipinski definition) is 0. The number of benzene rings is 3. The molecular weight excluding hydrogens is 1070 g/mol. The molecule has 0 fully saturated rings. The van der Waals surface area contributed by atoms with E-state index >= 15 is 0 Å². The van der Waals surface area contributed by atoms with E-state index in [1.165, 1.54) is 0 Å². The molecule has 57 heavy (non-hydrogen) atoms. The van der Waals surface area contributed by atoms with E-state index in [1.807, 2.05) is 166 Å². The fourth-order valence-corrected chi connectivity index (χ4v) is 6.33. The molecule has 0 saturated carbocycles. The summed E-state index contributed by atoms with van der Waals surface area (Å²) in [6, 6.07) is 38.5. The minimum Gasteiger partial charge on any atom is -0.552 e. The molecule has 9 rings (SSSR count). The van der Waals surface area contributed by atoms with Gasteiger partial charge in [0.1, 0.15) is 0 Å². The molecule has 5 aromatic rings. The molecule has 0 N–H and O–H groups in total. The van der Waals surface area contributed by atoms with Crippen LogP contribution in [0, 0.1) is 50.9 Å². The summed E-state index contributed by atoms with van der Waals surface area (Å²) in [5, 5.41) is 0. The SMILES string of the molecule is CN1C=CN(c2[c-]c(Cc3[c-]c(N4C=CN(C)[CH-]4)c(N4C=CN(C)[CH-]4)[c-]c3N3C=CN(C)[CH-]3)ccc2)[CH-]1.[Ir].[Pt+4].[c-]1c(-c2ccccn2)cccc1-c1ccccn1. The second-order valence-electron chi connectivity index (χ2n) is 13.4. The molecule has 10 nitrogen and oxygen atoms in total. The first-order valence-electron chi connectivity index (χ1n) is 17.9. The summed E-state index contributed by atoms with van der Waals surface area (Å²) < 4.78 is 0. The van der Waals surface area contributed by atoms with E-state index in [9.17, 15) is 0 Å². The van der Waals surface area contributed by atoms with Crippen molar-refractivity contribution in [1.29, 1.82) is 0 Å². The van der Waals surface area contributed by atoms with Crippen molar-refractivity contribution < 1.29 is 41.2 Å². The maximum absolute atomic E-state index is 4.33. The largest absolute Gasteiger partial charge is 4.00 e. The fourth-order valence-electron chi connectivity index (χ4n) is 6.33. The van der Waals surface area contributed by atoms with Crippen molar-refractivity contribution in [2.45, 2.75) is 6.42 Å². The average Bonchev–Trinajstić information content (AvgIpc) is 4.05. The van der Waals surface area contributed by atoms with Gasteiger partial charge in [-0.2, -0.15) is 67.9 Å². The molecule has 2 aromatic heterocycles. The van der Waals surface area contributed by atoms with Crippen molar-refractivity contribution in [3.8, 4) is 22.5 Å². The Balaban J connectivity index is 0.000000231. The Kier molecular flexibility index (Phi) is 13.6. The summed E-state index contributed by atoms with van der Waals surface area (Å²) in [7, 11) is 8.08. The Morgan fingerprint density at radius 1 is 0.474 bits per heavy atom. The Bertz CT molecular complexity index is 2180. The zero-order valence-electron chi connectivity index (χ0n) is 31.8. The van der Waals surface area contributed by atoms with Gasteiger partial charge in [-0.25, -0.2) is 11.3 Å². The van der Waals surface area contributed by atoms with Gasteiger partial charge in [0.15, 0.2) is 0 Å². The van der Waals surface area contributed by atoms with Crippen molar-refractivity contribution in [2.24, 2.45) is 0 Å². The minimum absolute atomic E-state index is 0. The summed E-state index contributed by atoms with van der Waals surface area (Å²) >= 11 is 0. The number of aromatic nitrogens is 2. The van der Waals surface area contributed by atoms with Gasteiger partial charge in [0.25, 0.3) is 0 Å². The Morgan fingerprint density at radius 2 is 0.947 bits per heavy atom. The van der Waals surface area contributed by atoms with Crippen LogP contribution in [0.1, 0.15) is 11.1 Å². The van der Waals surface area contributed by atoms with E-state index in [0.29, 0.717) is 6.42 Å². The van der Waals surface area contributed by atoms with Crippen molar-refractivity contribution in [2.75, 3.05) is 47.8 Å². The van der Waals surface area contributed by atoms with Crippen LogP contribution in [0.4, 0.5) is 22.7 Å². The molecule has 4 aliphatic rings. The Hall–Kier alpha value is -5.34. The van der Waals surface area contributed by atoms with Crippen LogP contribution in [-0.4, -0.2) is 57.8 Å². The molecule has 6 heterocycles. The van der Waals surface area contributed by atoms with Crippen LogP contribution in [0.15, 0.2) is 135 Å².